The van der Waals surface area contributed by atoms with Gasteiger partial charge in [0.05, 0.1) is 28.5 Å². The lowest BCUT2D eigenvalue weighted by atomic mass is 10.00. The lowest BCUT2D eigenvalue weighted by molar-refractivity contribution is 0.0147. The average molecular weight is 603 g/mol. The number of ether oxygens (including phenoxy) is 1. The van der Waals surface area contributed by atoms with Crippen molar-refractivity contribution in [3.8, 4) is 22.5 Å². The molecule has 3 aromatic heterocycles. The van der Waals surface area contributed by atoms with E-state index < -0.39 is 5.97 Å². The number of carboxylic acids is 1. The number of rotatable bonds is 8. The van der Waals surface area contributed by atoms with Crippen LogP contribution in [0.15, 0.2) is 39.5 Å². The molecule has 1 saturated carbocycles. The number of aromatic nitrogens is 2. The minimum atomic E-state index is -0.903. The Morgan fingerprint density at radius 1 is 1.10 bits per heavy atom. The van der Waals surface area contributed by atoms with E-state index in [9.17, 15) is 9.90 Å². The summed E-state index contributed by atoms with van der Waals surface area (Å²) >= 11 is 15.9. The van der Waals surface area contributed by atoms with Crippen molar-refractivity contribution >= 4 is 57.0 Å². The van der Waals surface area contributed by atoms with E-state index in [0.717, 1.165) is 66.2 Å². The van der Waals surface area contributed by atoms with Crippen LogP contribution in [0.25, 0.3) is 22.5 Å². The van der Waals surface area contributed by atoms with Gasteiger partial charge in [-0.3, -0.25) is 0 Å². The van der Waals surface area contributed by atoms with Crippen LogP contribution in [0, 0.1) is 0 Å². The Morgan fingerprint density at radius 2 is 1.85 bits per heavy atom. The predicted molar refractivity (Wildman–Crippen MR) is 153 cm³/mol. The highest BCUT2D eigenvalue weighted by Crippen LogP contribution is 2.47. The van der Waals surface area contributed by atoms with Gasteiger partial charge < -0.3 is 19.3 Å². The number of hydrogen-bond acceptors (Lipinski definition) is 8. The van der Waals surface area contributed by atoms with Gasteiger partial charge >= 0.3 is 5.97 Å². The normalized spacial score (nSPS) is 22.5. The number of halogens is 2. The molecule has 11 heteroatoms. The summed E-state index contributed by atoms with van der Waals surface area (Å²) in [4.78, 5) is 19.0. The number of thiophene rings is 1. The molecule has 1 aromatic carbocycles. The summed E-state index contributed by atoms with van der Waals surface area (Å²) in [6, 6.07) is 7.90. The molecule has 1 N–H and O–H groups in total. The molecule has 5 heterocycles. The monoisotopic (exact) mass is 601 g/mol. The summed E-state index contributed by atoms with van der Waals surface area (Å²) in [5.74, 6) is 0.383. The minimum absolute atomic E-state index is 0.129. The summed E-state index contributed by atoms with van der Waals surface area (Å²) in [7, 11) is 0. The van der Waals surface area contributed by atoms with Crippen molar-refractivity contribution in [2.75, 3.05) is 4.90 Å². The van der Waals surface area contributed by atoms with Crippen LogP contribution >= 0.6 is 45.9 Å². The lowest BCUT2D eigenvalue weighted by Crippen LogP contribution is -2.45. The first kappa shape index (κ1) is 25.5. The molecule has 202 valence electrons. The van der Waals surface area contributed by atoms with E-state index in [1.807, 2.05) is 29.0 Å². The molecule has 39 heavy (non-hydrogen) atoms. The third-order valence-electron chi connectivity index (χ3n) is 7.94. The Morgan fingerprint density at radius 3 is 2.51 bits per heavy atom. The molecule has 2 bridgehead atoms. The highest BCUT2D eigenvalue weighted by Gasteiger charge is 2.43. The van der Waals surface area contributed by atoms with Gasteiger partial charge in [-0.25, -0.2) is 9.78 Å². The Hall–Kier alpha value is -2.43. The number of thiazole rings is 1. The molecule has 2 aliphatic heterocycles. The molecule has 0 amide bonds. The Kier molecular flexibility index (Phi) is 6.67. The standard InChI is InChI=1S/C28H25Cl2N3O4S2/c29-20-2-1-3-21(30)24(20)25-19(26(37-32-25)14-4-5-14)11-36-18-9-16-6-7-17(10-18)33(16)28-31-22(13-39-28)15-8-23(27(34)35)38-12-15/h1-3,8,12-14,16-18H,4-7,9-11H2,(H,34,35)/t16-,17+,18?. The topological polar surface area (TPSA) is 88.7 Å². The number of nitrogens with zero attached hydrogens (tertiary/aromatic N) is 3. The molecule has 2 saturated heterocycles. The Bertz CT molecular complexity index is 1510. The van der Waals surface area contributed by atoms with Crippen molar-refractivity contribution in [2.45, 2.75) is 69.2 Å². The number of hydrogen-bond donors (Lipinski definition) is 1. The molecule has 1 unspecified atom stereocenters. The van der Waals surface area contributed by atoms with E-state index in [1.54, 1.807) is 17.4 Å². The number of carbonyl (C=O) groups is 1. The third kappa shape index (κ3) is 4.78. The summed E-state index contributed by atoms with van der Waals surface area (Å²) in [5, 5.41) is 19.6. The Balaban J connectivity index is 1.07. The van der Waals surface area contributed by atoms with E-state index in [-0.39, 0.29) is 6.10 Å². The van der Waals surface area contributed by atoms with E-state index in [4.69, 9.17) is 37.4 Å². The van der Waals surface area contributed by atoms with Gasteiger partial charge in [0.1, 0.15) is 16.3 Å². The molecule has 3 fully saturated rings. The number of aromatic carboxylic acids is 1. The first-order valence-electron chi connectivity index (χ1n) is 13.1. The molecular formula is C28H25Cl2N3O4S2. The van der Waals surface area contributed by atoms with Crippen molar-refractivity contribution in [3.05, 3.63) is 61.3 Å². The average Bonchev–Trinajstić information content (AvgIpc) is 3.25. The summed E-state index contributed by atoms with van der Waals surface area (Å²) in [6.07, 6.45) is 6.41. The van der Waals surface area contributed by atoms with Crippen molar-refractivity contribution < 1.29 is 19.2 Å². The van der Waals surface area contributed by atoms with Crippen LogP contribution in [-0.4, -0.2) is 39.4 Å². The minimum Gasteiger partial charge on any atom is -0.477 e. The number of anilines is 1. The van der Waals surface area contributed by atoms with Gasteiger partial charge in [0.25, 0.3) is 0 Å². The quantitative estimate of drug-likeness (QED) is 0.218. The number of piperidine rings is 1. The van der Waals surface area contributed by atoms with Crippen LogP contribution in [-0.2, 0) is 11.3 Å². The molecule has 0 spiro atoms. The van der Waals surface area contributed by atoms with Crippen molar-refractivity contribution in [3.63, 3.8) is 0 Å². The van der Waals surface area contributed by atoms with E-state index in [1.165, 1.54) is 11.3 Å². The van der Waals surface area contributed by atoms with Crippen LogP contribution in [0.5, 0.6) is 0 Å². The second-order valence-corrected chi connectivity index (χ2v) is 13.0. The molecular weight excluding hydrogens is 577 g/mol. The van der Waals surface area contributed by atoms with Gasteiger partial charge in [-0.15, -0.1) is 22.7 Å². The first-order valence-corrected chi connectivity index (χ1v) is 15.6. The number of carboxylic acid groups (broad SMARTS) is 1. The van der Waals surface area contributed by atoms with Gasteiger partial charge in [0, 0.05) is 45.5 Å². The molecule has 3 aliphatic rings. The SMILES string of the molecule is O=C(O)c1cc(-c2csc(N3[C@@H]4CC[C@H]3CC(OCc3c(-c5c(Cl)cccc5Cl)noc3C3CC3)C4)n2)cs1. The van der Waals surface area contributed by atoms with E-state index >= 15 is 0 Å². The van der Waals surface area contributed by atoms with Gasteiger partial charge in [0.2, 0.25) is 0 Å². The van der Waals surface area contributed by atoms with E-state index in [0.29, 0.717) is 50.8 Å². The summed E-state index contributed by atoms with van der Waals surface area (Å²) < 4.78 is 12.4. The van der Waals surface area contributed by atoms with Crippen molar-refractivity contribution in [2.24, 2.45) is 0 Å². The van der Waals surface area contributed by atoms with Crippen LogP contribution in [0.2, 0.25) is 10.0 Å². The second-order valence-electron chi connectivity index (χ2n) is 10.5. The third-order valence-corrected chi connectivity index (χ3v) is 10.3. The van der Waals surface area contributed by atoms with Crippen LogP contribution in [0.4, 0.5) is 5.13 Å². The molecule has 4 aromatic rings. The fraction of sp³-hybridized carbons (Fsp3) is 0.393. The maximum Gasteiger partial charge on any atom is 0.345 e. The van der Waals surface area contributed by atoms with E-state index in [2.05, 4.69) is 10.1 Å². The van der Waals surface area contributed by atoms with Crippen LogP contribution < -0.4 is 4.90 Å². The number of fused-ring (bicyclic) bond motifs is 2. The smallest absolute Gasteiger partial charge is 0.345 e. The highest BCUT2D eigenvalue weighted by atomic mass is 35.5. The molecule has 3 atom stereocenters. The van der Waals surface area contributed by atoms with Gasteiger partial charge in [-0.1, -0.05) is 34.4 Å². The van der Waals surface area contributed by atoms with Gasteiger partial charge in [-0.2, -0.15) is 0 Å². The summed E-state index contributed by atoms with van der Waals surface area (Å²) in [5.41, 5.74) is 4.04. The highest BCUT2D eigenvalue weighted by molar-refractivity contribution is 7.14. The number of benzene rings is 1. The molecule has 0 radical (unpaired) electrons. The molecule has 7 nitrogen and oxygen atoms in total. The van der Waals surface area contributed by atoms with Crippen LogP contribution in [0.3, 0.4) is 0 Å². The fourth-order valence-electron chi connectivity index (χ4n) is 5.92. The predicted octanol–water partition coefficient (Wildman–Crippen LogP) is 8.13. The van der Waals surface area contributed by atoms with Gasteiger partial charge in [-0.05, 0) is 56.7 Å². The zero-order valence-corrected chi connectivity index (χ0v) is 24.0. The zero-order chi connectivity index (χ0) is 26.7. The second kappa shape index (κ2) is 10.2. The first-order chi connectivity index (χ1) is 19.0. The summed E-state index contributed by atoms with van der Waals surface area (Å²) in [6.45, 7) is 0.418. The lowest BCUT2D eigenvalue weighted by Gasteiger charge is -2.38. The van der Waals surface area contributed by atoms with Crippen molar-refractivity contribution in [1.29, 1.82) is 0 Å². The maximum atomic E-state index is 11.3. The molecule has 1 aliphatic carbocycles. The largest absolute Gasteiger partial charge is 0.477 e. The zero-order valence-electron chi connectivity index (χ0n) is 20.8. The Labute approximate surface area is 243 Å². The van der Waals surface area contributed by atoms with Crippen LogP contribution in [0.1, 0.15) is 65.4 Å². The van der Waals surface area contributed by atoms with Gasteiger partial charge in [0.15, 0.2) is 5.13 Å². The fourth-order valence-corrected chi connectivity index (χ4v) is 8.21. The molecule has 7 rings (SSSR count). The maximum absolute atomic E-state index is 11.3. The van der Waals surface area contributed by atoms with Crippen molar-refractivity contribution in [1.82, 2.24) is 10.1 Å².